The highest BCUT2D eigenvalue weighted by atomic mass is 16.3. The Morgan fingerprint density at radius 2 is 2.16 bits per heavy atom. The Labute approximate surface area is 115 Å². The standard InChI is InChI=1S/C14H26N2O3/c1-3-14(2,8-10-17)15-12(18)11-16-9-6-4-5-7-13(16)19/h17H,3-11H2,1-2H3,(H,15,18). The fourth-order valence-corrected chi connectivity index (χ4v) is 2.33. The normalized spacial score (nSPS) is 19.7. The molecule has 1 unspecified atom stereocenters. The van der Waals surface area contributed by atoms with Crippen LogP contribution in [-0.2, 0) is 9.59 Å². The Bertz CT molecular complexity index is 320. The van der Waals surface area contributed by atoms with E-state index in [-0.39, 0.29) is 30.5 Å². The number of nitrogens with one attached hydrogen (secondary N) is 1. The van der Waals surface area contributed by atoms with Gasteiger partial charge < -0.3 is 15.3 Å². The van der Waals surface area contributed by atoms with Crippen molar-refractivity contribution in [3.8, 4) is 0 Å². The molecule has 0 aromatic rings. The summed E-state index contributed by atoms with van der Waals surface area (Å²) in [6.45, 7) is 4.76. The quantitative estimate of drug-likeness (QED) is 0.758. The Kier molecular flexibility index (Phi) is 6.28. The van der Waals surface area contributed by atoms with Crippen LogP contribution in [0.5, 0.6) is 0 Å². The minimum atomic E-state index is -0.388. The van der Waals surface area contributed by atoms with Crippen molar-refractivity contribution in [2.45, 2.75) is 57.9 Å². The third kappa shape index (κ3) is 5.19. The minimum absolute atomic E-state index is 0.0489. The molecule has 2 amide bonds. The maximum absolute atomic E-state index is 12.0. The molecule has 5 nitrogen and oxygen atoms in total. The minimum Gasteiger partial charge on any atom is -0.396 e. The number of amides is 2. The van der Waals surface area contributed by atoms with Gasteiger partial charge in [-0.15, -0.1) is 0 Å². The highest BCUT2D eigenvalue weighted by molar-refractivity contribution is 5.85. The highest BCUT2D eigenvalue weighted by Gasteiger charge is 2.26. The van der Waals surface area contributed by atoms with Crippen LogP contribution in [0.3, 0.4) is 0 Å². The van der Waals surface area contributed by atoms with Crippen molar-refractivity contribution < 1.29 is 14.7 Å². The average molecular weight is 270 g/mol. The van der Waals surface area contributed by atoms with Crippen molar-refractivity contribution in [1.82, 2.24) is 10.2 Å². The fourth-order valence-electron chi connectivity index (χ4n) is 2.33. The van der Waals surface area contributed by atoms with Gasteiger partial charge in [-0.25, -0.2) is 0 Å². The van der Waals surface area contributed by atoms with Crippen LogP contribution in [0.15, 0.2) is 0 Å². The average Bonchev–Trinajstić information content (AvgIpc) is 2.55. The smallest absolute Gasteiger partial charge is 0.240 e. The largest absolute Gasteiger partial charge is 0.396 e. The first-order valence-corrected chi connectivity index (χ1v) is 7.20. The predicted octanol–water partition coefficient (Wildman–Crippen LogP) is 1.06. The molecule has 1 fully saturated rings. The molecule has 0 bridgehead atoms. The van der Waals surface area contributed by atoms with Crippen LogP contribution in [0, 0.1) is 0 Å². The van der Waals surface area contributed by atoms with Gasteiger partial charge in [-0.1, -0.05) is 13.3 Å². The van der Waals surface area contributed by atoms with Crippen molar-refractivity contribution in [1.29, 1.82) is 0 Å². The number of aliphatic hydroxyl groups excluding tert-OH is 1. The number of hydrogen-bond donors (Lipinski definition) is 2. The summed E-state index contributed by atoms with van der Waals surface area (Å²) in [5.74, 6) is -0.0546. The molecule has 1 rings (SSSR count). The predicted molar refractivity (Wildman–Crippen MR) is 73.6 cm³/mol. The second-order valence-electron chi connectivity index (χ2n) is 5.56. The van der Waals surface area contributed by atoms with E-state index in [0.717, 1.165) is 25.7 Å². The van der Waals surface area contributed by atoms with Crippen LogP contribution in [0.2, 0.25) is 0 Å². The third-order valence-electron chi connectivity index (χ3n) is 3.89. The monoisotopic (exact) mass is 270 g/mol. The van der Waals surface area contributed by atoms with E-state index >= 15 is 0 Å². The van der Waals surface area contributed by atoms with E-state index in [1.807, 2.05) is 13.8 Å². The Morgan fingerprint density at radius 1 is 1.42 bits per heavy atom. The van der Waals surface area contributed by atoms with Gasteiger partial charge in [0.2, 0.25) is 11.8 Å². The van der Waals surface area contributed by atoms with E-state index in [1.54, 1.807) is 4.90 Å². The van der Waals surface area contributed by atoms with E-state index in [4.69, 9.17) is 5.11 Å². The molecular formula is C14H26N2O3. The van der Waals surface area contributed by atoms with Gasteiger partial charge in [-0.2, -0.15) is 0 Å². The molecule has 19 heavy (non-hydrogen) atoms. The summed E-state index contributed by atoms with van der Waals surface area (Å²) >= 11 is 0. The van der Waals surface area contributed by atoms with Crippen LogP contribution in [0.1, 0.15) is 52.4 Å². The lowest BCUT2D eigenvalue weighted by molar-refractivity contribution is -0.136. The molecule has 110 valence electrons. The SMILES string of the molecule is CCC(C)(CCO)NC(=O)CN1CCCCCC1=O. The first-order valence-electron chi connectivity index (χ1n) is 7.20. The third-order valence-corrected chi connectivity index (χ3v) is 3.89. The summed E-state index contributed by atoms with van der Waals surface area (Å²) in [6.07, 6.45) is 4.79. The Balaban J connectivity index is 2.51. The van der Waals surface area contributed by atoms with Crippen LogP contribution in [0.25, 0.3) is 0 Å². The zero-order chi connectivity index (χ0) is 14.3. The van der Waals surface area contributed by atoms with Crippen LogP contribution >= 0.6 is 0 Å². The molecule has 1 aliphatic rings. The van der Waals surface area contributed by atoms with Crippen molar-refractivity contribution in [3.05, 3.63) is 0 Å². The van der Waals surface area contributed by atoms with E-state index < -0.39 is 0 Å². The van der Waals surface area contributed by atoms with Gasteiger partial charge in [-0.05, 0) is 32.6 Å². The lowest BCUT2D eigenvalue weighted by atomic mass is 9.95. The number of aliphatic hydroxyl groups is 1. The number of likely N-dealkylation sites (tertiary alicyclic amines) is 1. The lowest BCUT2D eigenvalue weighted by Gasteiger charge is -2.30. The van der Waals surface area contributed by atoms with Gasteiger partial charge in [0, 0.05) is 25.1 Å². The van der Waals surface area contributed by atoms with E-state index in [1.165, 1.54) is 0 Å². The second kappa shape index (κ2) is 7.48. The molecule has 1 saturated heterocycles. The topological polar surface area (TPSA) is 69.6 Å². The number of carbonyl (C=O) groups is 2. The Morgan fingerprint density at radius 3 is 2.79 bits per heavy atom. The maximum Gasteiger partial charge on any atom is 0.240 e. The van der Waals surface area contributed by atoms with E-state index in [9.17, 15) is 9.59 Å². The fraction of sp³-hybridized carbons (Fsp3) is 0.857. The summed E-state index contributed by atoms with van der Waals surface area (Å²) < 4.78 is 0. The van der Waals surface area contributed by atoms with Crippen LogP contribution < -0.4 is 5.32 Å². The molecule has 0 aliphatic carbocycles. The van der Waals surface area contributed by atoms with E-state index in [2.05, 4.69) is 5.32 Å². The summed E-state index contributed by atoms with van der Waals surface area (Å²) in [5, 5.41) is 12.0. The number of hydrogen-bond acceptors (Lipinski definition) is 3. The van der Waals surface area contributed by atoms with Gasteiger partial charge in [0.25, 0.3) is 0 Å². The van der Waals surface area contributed by atoms with Crippen molar-refractivity contribution >= 4 is 11.8 Å². The first kappa shape index (κ1) is 16.0. The van der Waals surface area contributed by atoms with Crippen LogP contribution in [0.4, 0.5) is 0 Å². The molecular weight excluding hydrogens is 244 g/mol. The summed E-state index contributed by atoms with van der Waals surface area (Å²) in [6, 6.07) is 0. The van der Waals surface area contributed by atoms with Crippen molar-refractivity contribution in [2.24, 2.45) is 0 Å². The molecule has 0 aromatic carbocycles. The van der Waals surface area contributed by atoms with Gasteiger partial charge in [0.1, 0.15) is 0 Å². The highest BCUT2D eigenvalue weighted by Crippen LogP contribution is 2.14. The van der Waals surface area contributed by atoms with Gasteiger partial charge >= 0.3 is 0 Å². The molecule has 1 heterocycles. The van der Waals surface area contributed by atoms with Crippen molar-refractivity contribution in [2.75, 3.05) is 19.7 Å². The Hall–Kier alpha value is -1.10. The summed E-state index contributed by atoms with van der Waals surface area (Å²) in [7, 11) is 0. The molecule has 2 N–H and O–H groups in total. The zero-order valence-electron chi connectivity index (χ0n) is 12.1. The zero-order valence-corrected chi connectivity index (χ0v) is 12.1. The van der Waals surface area contributed by atoms with Crippen LogP contribution in [-0.4, -0.2) is 47.1 Å². The number of rotatable bonds is 6. The lowest BCUT2D eigenvalue weighted by Crippen LogP contribution is -2.50. The van der Waals surface area contributed by atoms with Crippen molar-refractivity contribution in [3.63, 3.8) is 0 Å². The molecule has 1 aliphatic heterocycles. The van der Waals surface area contributed by atoms with E-state index in [0.29, 0.717) is 19.4 Å². The molecule has 0 spiro atoms. The summed E-state index contributed by atoms with van der Waals surface area (Å²) in [5.41, 5.74) is -0.388. The first-order chi connectivity index (χ1) is 9.00. The van der Waals surface area contributed by atoms with Gasteiger partial charge in [0.15, 0.2) is 0 Å². The molecule has 1 atom stereocenters. The summed E-state index contributed by atoms with van der Waals surface area (Å²) in [4.78, 5) is 25.5. The second-order valence-corrected chi connectivity index (χ2v) is 5.56. The molecule has 0 saturated carbocycles. The molecule has 0 aromatic heterocycles. The molecule has 0 radical (unpaired) electrons. The maximum atomic E-state index is 12.0. The molecule has 5 heteroatoms. The number of nitrogens with zero attached hydrogens (tertiary/aromatic N) is 1. The van der Waals surface area contributed by atoms with Gasteiger partial charge in [0.05, 0.1) is 6.54 Å². The number of carbonyl (C=O) groups excluding carboxylic acids is 2. The van der Waals surface area contributed by atoms with Gasteiger partial charge in [-0.3, -0.25) is 9.59 Å².